The first-order valence-corrected chi connectivity index (χ1v) is 5.22. The van der Waals surface area contributed by atoms with Gasteiger partial charge in [0.2, 0.25) is 0 Å². The second-order valence-electron chi connectivity index (χ2n) is 3.62. The van der Waals surface area contributed by atoms with E-state index in [4.69, 9.17) is 16.9 Å². The molecule has 4 heteroatoms. The summed E-state index contributed by atoms with van der Waals surface area (Å²) in [4.78, 5) is 4.00. The van der Waals surface area contributed by atoms with Crippen LogP contribution in [0.5, 0.6) is 5.75 Å². The van der Waals surface area contributed by atoms with Crippen LogP contribution in [0.15, 0.2) is 30.5 Å². The summed E-state index contributed by atoms with van der Waals surface area (Å²) in [5.41, 5.74) is 7.08. The Kier molecular flexibility index (Phi) is 3.16. The lowest BCUT2D eigenvalue weighted by Gasteiger charge is -2.08. The minimum atomic E-state index is -0.595. The Morgan fingerprint density at radius 1 is 1.33 bits per heavy atom. The number of aromatic nitrogens is 1. The topological polar surface area (TPSA) is 48.1 Å². The molecule has 0 aliphatic carbocycles. The maximum atomic E-state index is 14.0. The van der Waals surface area contributed by atoms with Crippen LogP contribution < -0.4 is 10.5 Å². The van der Waals surface area contributed by atoms with E-state index in [0.717, 1.165) is 5.56 Å². The summed E-state index contributed by atoms with van der Waals surface area (Å²) in [5.74, 6) is 2.12. The van der Waals surface area contributed by atoms with E-state index in [1.807, 2.05) is 0 Å². The number of anilines is 1. The molecule has 0 aliphatic rings. The standard InChI is InChI=1S/C14H11FN2O/c1-3-9-4-6-10(7-5-9)14-12(15)13(16)11(18-2)8-17-14/h1,4-8H,2H3,(H2,16,17). The number of terminal acetylenes is 1. The van der Waals surface area contributed by atoms with Gasteiger partial charge in [0.05, 0.1) is 13.3 Å². The van der Waals surface area contributed by atoms with Crippen molar-refractivity contribution in [3.05, 3.63) is 41.8 Å². The number of benzene rings is 1. The summed E-state index contributed by atoms with van der Waals surface area (Å²) in [7, 11) is 1.41. The SMILES string of the molecule is C#Cc1ccc(-c2ncc(OC)c(N)c2F)cc1. The first kappa shape index (κ1) is 11.9. The van der Waals surface area contributed by atoms with Gasteiger partial charge in [-0.05, 0) is 12.1 Å². The Morgan fingerprint density at radius 2 is 2.00 bits per heavy atom. The highest BCUT2D eigenvalue weighted by Crippen LogP contribution is 2.30. The molecule has 0 fully saturated rings. The molecular formula is C14H11FN2O. The Morgan fingerprint density at radius 3 is 2.56 bits per heavy atom. The molecule has 2 rings (SSSR count). The zero-order valence-electron chi connectivity index (χ0n) is 9.77. The van der Waals surface area contributed by atoms with Crippen LogP contribution in [-0.4, -0.2) is 12.1 Å². The number of rotatable bonds is 2. The molecule has 0 unspecified atom stereocenters. The zero-order chi connectivity index (χ0) is 13.1. The third-order valence-electron chi connectivity index (χ3n) is 2.57. The van der Waals surface area contributed by atoms with Crippen molar-refractivity contribution in [2.75, 3.05) is 12.8 Å². The third kappa shape index (κ3) is 1.98. The molecule has 1 aromatic carbocycles. The largest absolute Gasteiger partial charge is 0.493 e. The molecule has 90 valence electrons. The number of nitrogen functional groups attached to an aromatic ring is 1. The summed E-state index contributed by atoms with van der Waals surface area (Å²) in [6.07, 6.45) is 6.65. The van der Waals surface area contributed by atoms with Gasteiger partial charge in [0.15, 0.2) is 11.6 Å². The van der Waals surface area contributed by atoms with Crippen LogP contribution in [0.1, 0.15) is 5.56 Å². The molecule has 0 aliphatic heterocycles. The van der Waals surface area contributed by atoms with Gasteiger partial charge in [0.1, 0.15) is 11.4 Å². The van der Waals surface area contributed by atoms with Crippen molar-refractivity contribution in [1.29, 1.82) is 0 Å². The van der Waals surface area contributed by atoms with Gasteiger partial charge < -0.3 is 10.5 Å². The quantitative estimate of drug-likeness (QED) is 0.823. The van der Waals surface area contributed by atoms with Crippen molar-refractivity contribution >= 4 is 5.69 Å². The van der Waals surface area contributed by atoms with Crippen LogP contribution in [0.3, 0.4) is 0 Å². The number of ether oxygens (including phenoxy) is 1. The molecule has 0 amide bonds. The van der Waals surface area contributed by atoms with Crippen LogP contribution >= 0.6 is 0 Å². The molecule has 0 saturated heterocycles. The van der Waals surface area contributed by atoms with Crippen LogP contribution in [0.25, 0.3) is 11.3 Å². The van der Waals surface area contributed by atoms with Gasteiger partial charge in [-0.2, -0.15) is 0 Å². The van der Waals surface area contributed by atoms with Gasteiger partial charge in [-0.3, -0.25) is 0 Å². The molecule has 2 aromatic rings. The molecule has 1 aromatic heterocycles. The minimum absolute atomic E-state index is 0.0523. The lowest BCUT2D eigenvalue weighted by atomic mass is 10.1. The predicted octanol–water partition coefficient (Wildman–Crippen LogP) is 2.46. The van der Waals surface area contributed by atoms with E-state index < -0.39 is 5.82 Å². The highest BCUT2D eigenvalue weighted by atomic mass is 19.1. The molecule has 0 bridgehead atoms. The first-order valence-electron chi connectivity index (χ1n) is 5.22. The van der Waals surface area contributed by atoms with Crippen molar-refractivity contribution in [1.82, 2.24) is 4.98 Å². The van der Waals surface area contributed by atoms with Crippen molar-refractivity contribution in [2.24, 2.45) is 0 Å². The summed E-state index contributed by atoms with van der Waals surface area (Å²) in [6.45, 7) is 0. The molecule has 3 nitrogen and oxygen atoms in total. The highest BCUT2D eigenvalue weighted by molar-refractivity contribution is 5.68. The third-order valence-corrected chi connectivity index (χ3v) is 2.57. The first-order chi connectivity index (χ1) is 8.67. The highest BCUT2D eigenvalue weighted by Gasteiger charge is 2.14. The minimum Gasteiger partial charge on any atom is -0.493 e. The van der Waals surface area contributed by atoms with E-state index in [2.05, 4.69) is 10.9 Å². The van der Waals surface area contributed by atoms with Crippen LogP contribution in [0.4, 0.5) is 10.1 Å². The van der Waals surface area contributed by atoms with E-state index in [-0.39, 0.29) is 17.1 Å². The maximum Gasteiger partial charge on any atom is 0.176 e. The summed E-state index contributed by atoms with van der Waals surface area (Å²) >= 11 is 0. The van der Waals surface area contributed by atoms with Gasteiger partial charge in [-0.25, -0.2) is 9.37 Å². The lowest BCUT2D eigenvalue weighted by molar-refractivity contribution is 0.412. The molecule has 2 N–H and O–H groups in total. The van der Waals surface area contributed by atoms with E-state index in [9.17, 15) is 4.39 Å². The van der Waals surface area contributed by atoms with Crippen molar-refractivity contribution < 1.29 is 9.13 Å². The fourth-order valence-corrected chi connectivity index (χ4v) is 1.57. The molecular weight excluding hydrogens is 231 g/mol. The van der Waals surface area contributed by atoms with Crippen molar-refractivity contribution in [3.8, 4) is 29.4 Å². The molecule has 1 heterocycles. The van der Waals surface area contributed by atoms with Crippen molar-refractivity contribution in [3.63, 3.8) is 0 Å². The van der Waals surface area contributed by atoms with Crippen molar-refractivity contribution in [2.45, 2.75) is 0 Å². The molecule has 0 atom stereocenters. The number of methoxy groups -OCH3 is 1. The molecule has 0 radical (unpaired) electrons. The average molecular weight is 242 g/mol. The number of nitrogens with two attached hydrogens (primary N) is 1. The molecule has 18 heavy (non-hydrogen) atoms. The number of hydrogen-bond donors (Lipinski definition) is 1. The van der Waals surface area contributed by atoms with Gasteiger partial charge in [-0.15, -0.1) is 6.42 Å². The van der Waals surface area contributed by atoms with Crippen LogP contribution in [0, 0.1) is 18.2 Å². The fraction of sp³-hybridized carbons (Fsp3) is 0.0714. The Bertz CT molecular complexity index is 615. The average Bonchev–Trinajstić information content (AvgIpc) is 2.42. The molecule has 0 spiro atoms. The van der Waals surface area contributed by atoms with E-state index in [0.29, 0.717) is 5.56 Å². The van der Waals surface area contributed by atoms with Gasteiger partial charge in [-0.1, -0.05) is 18.1 Å². The summed E-state index contributed by atoms with van der Waals surface area (Å²) in [5, 5.41) is 0. The van der Waals surface area contributed by atoms with Crippen LogP contribution in [-0.2, 0) is 0 Å². The summed E-state index contributed by atoms with van der Waals surface area (Å²) in [6, 6.07) is 6.84. The van der Waals surface area contributed by atoms with E-state index >= 15 is 0 Å². The Balaban J connectivity index is 2.51. The molecule has 0 saturated carbocycles. The van der Waals surface area contributed by atoms with E-state index in [1.165, 1.54) is 13.3 Å². The van der Waals surface area contributed by atoms with Gasteiger partial charge in [0.25, 0.3) is 0 Å². The summed E-state index contributed by atoms with van der Waals surface area (Å²) < 4.78 is 18.9. The fourth-order valence-electron chi connectivity index (χ4n) is 1.57. The maximum absolute atomic E-state index is 14.0. The second-order valence-corrected chi connectivity index (χ2v) is 3.62. The van der Waals surface area contributed by atoms with E-state index in [1.54, 1.807) is 24.3 Å². The van der Waals surface area contributed by atoms with Gasteiger partial charge >= 0.3 is 0 Å². The number of pyridine rings is 1. The zero-order valence-corrected chi connectivity index (χ0v) is 9.77. The normalized spacial score (nSPS) is 9.83. The number of hydrogen-bond acceptors (Lipinski definition) is 3. The lowest BCUT2D eigenvalue weighted by Crippen LogP contribution is -2.00. The Labute approximate surface area is 104 Å². The van der Waals surface area contributed by atoms with Crippen LogP contribution in [0.2, 0.25) is 0 Å². The van der Waals surface area contributed by atoms with Gasteiger partial charge in [0, 0.05) is 11.1 Å². The number of halogens is 1. The Hall–Kier alpha value is -2.54. The number of nitrogens with zero attached hydrogens (tertiary/aromatic N) is 1. The predicted molar refractivity (Wildman–Crippen MR) is 68.5 cm³/mol. The second kappa shape index (κ2) is 4.76. The monoisotopic (exact) mass is 242 g/mol. The smallest absolute Gasteiger partial charge is 0.176 e.